The number of likely N-dealkylation sites (tertiary alicyclic amines) is 1. The third kappa shape index (κ3) is 3.04. The standard InChI is InChI=1S/C27H27NO5/c1-16(29)31-21-10-8-18-15-20-19-9-11-22(32-23(30)14-17-6-4-3-5-7-17)26-27(19,12-13-28(20)2)24(18)25(21)33-26/h3-11,19-20,22,26H,12-15H2,1-2H3/t19-,20+,22-,26-,27-/m0/s1. The molecule has 0 saturated carbocycles. The Balaban J connectivity index is 1.39. The van der Waals surface area contributed by atoms with Crippen molar-refractivity contribution in [3.05, 3.63) is 71.3 Å². The van der Waals surface area contributed by atoms with Gasteiger partial charge in [0, 0.05) is 29.9 Å². The van der Waals surface area contributed by atoms with E-state index in [0.717, 1.165) is 30.5 Å². The van der Waals surface area contributed by atoms with Crippen molar-refractivity contribution in [1.82, 2.24) is 4.90 Å². The minimum Gasteiger partial charge on any atom is -0.481 e. The number of rotatable bonds is 4. The molecular weight excluding hydrogens is 418 g/mol. The summed E-state index contributed by atoms with van der Waals surface area (Å²) >= 11 is 0. The van der Waals surface area contributed by atoms with Crippen LogP contribution < -0.4 is 9.47 Å². The third-order valence-electron chi connectivity index (χ3n) is 7.83. The Labute approximate surface area is 193 Å². The molecule has 2 aliphatic carbocycles. The molecule has 170 valence electrons. The van der Waals surface area contributed by atoms with Crippen LogP contribution in [0.25, 0.3) is 0 Å². The van der Waals surface area contributed by atoms with Crippen molar-refractivity contribution in [3.63, 3.8) is 0 Å². The highest BCUT2D eigenvalue weighted by atomic mass is 16.6. The molecule has 6 heteroatoms. The number of carbonyl (C=O) groups excluding carboxylic acids is 2. The molecule has 2 heterocycles. The van der Waals surface area contributed by atoms with Gasteiger partial charge in [-0.05, 0) is 49.7 Å². The molecule has 1 spiro atoms. The minimum atomic E-state index is -0.495. The van der Waals surface area contributed by atoms with Crippen molar-refractivity contribution >= 4 is 11.9 Å². The number of benzene rings is 2. The average molecular weight is 446 g/mol. The first-order valence-corrected chi connectivity index (χ1v) is 11.6. The van der Waals surface area contributed by atoms with Gasteiger partial charge < -0.3 is 19.1 Å². The Morgan fingerprint density at radius 2 is 1.97 bits per heavy atom. The van der Waals surface area contributed by atoms with Crippen LogP contribution in [0.1, 0.15) is 30.0 Å². The summed E-state index contributed by atoms with van der Waals surface area (Å²) in [5.74, 6) is 0.710. The zero-order valence-corrected chi connectivity index (χ0v) is 18.8. The van der Waals surface area contributed by atoms with Crippen molar-refractivity contribution in [3.8, 4) is 11.5 Å². The summed E-state index contributed by atoms with van der Waals surface area (Å²) in [5, 5.41) is 0. The fourth-order valence-electron chi connectivity index (χ4n) is 6.50. The van der Waals surface area contributed by atoms with Gasteiger partial charge in [0.05, 0.1) is 6.42 Å². The van der Waals surface area contributed by atoms with Crippen LogP contribution in [0.5, 0.6) is 11.5 Å². The number of hydrogen-bond acceptors (Lipinski definition) is 6. The van der Waals surface area contributed by atoms with Crippen LogP contribution in [0.2, 0.25) is 0 Å². The SMILES string of the molecule is CC(=O)Oc1ccc2c3c1O[C@H]1[C@@H](OC(=O)Cc4ccccc4)C=C[C@H]4[C@@H](C2)N(C)CC[C@@]341. The van der Waals surface area contributed by atoms with Crippen LogP contribution in [0, 0.1) is 5.92 Å². The van der Waals surface area contributed by atoms with E-state index in [4.69, 9.17) is 14.2 Å². The highest BCUT2D eigenvalue weighted by Crippen LogP contribution is 2.62. The lowest BCUT2D eigenvalue weighted by atomic mass is 9.53. The first kappa shape index (κ1) is 20.5. The molecular formula is C27H27NO5. The molecule has 5 atom stereocenters. The van der Waals surface area contributed by atoms with E-state index in [2.05, 4.69) is 24.1 Å². The van der Waals surface area contributed by atoms with Crippen LogP contribution in [0.3, 0.4) is 0 Å². The molecule has 2 bridgehead atoms. The van der Waals surface area contributed by atoms with Crippen molar-refractivity contribution < 1.29 is 23.8 Å². The highest BCUT2D eigenvalue weighted by Gasteiger charge is 2.65. The topological polar surface area (TPSA) is 65.1 Å². The lowest BCUT2D eigenvalue weighted by molar-refractivity contribution is -0.154. The molecule has 4 aliphatic rings. The fraction of sp³-hybridized carbons (Fsp3) is 0.407. The van der Waals surface area contributed by atoms with E-state index in [9.17, 15) is 9.59 Å². The van der Waals surface area contributed by atoms with Gasteiger partial charge in [-0.15, -0.1) is 0 Å². The van der Waals surface area contributed by atoms with Crippen molar-refractivity contribution in [2.24, 2.45) is 5.92 Å². The maximum absolute atomic E-state index is 12.9. The largest absolute Gasteiger partial charge is 0.481 e. The zero-order valence-electron chi connectivity index (χ0n) is 18.8. The molecule has 6 nitrogen and oxygen atoms in total. The first-order valence-electron chi connectivity index (χ1n) is 11.6. The molecule has 2 aromatic rings. The molecule has 1 fully saturated rings. The molecule has 0 amide bonds. The van der Waals surface area contributed by atoms with Crippen LogP contribution >= 0.6 is 0 Å². The average Bonchev–Trinajstić information content (AvgIpc) is 3.14. The second-order valence-electron chi connectivity index (χ2n) is 9.63. The van der Waals surface area contributed by atoms with Gasteiger partial charge in [0.25, 0.3) is 0 Å². The van der Waals surface area contributed by atoms with Crippen LogP contribution in [0.15, 0.2) is 54.6 Å². The van der Waals surface area contributed by atoms with Gasteiger partial charge in [-0.3, -0.25) is 9.59 Å². The molecule has 1 saturated heterocycles. The maximum Gasteiger partial charge on any atom is 0.310 e. The molecule has 0 unspecified atom stereocenters. The van der Waals surface area contributed by atoms with Crippen LogP contribution in [-0.4, -0.2) is 48.7 Å². The van der Waals surface area contributed by atoms with Crippen LogP contribution in [0.4, 0.5) is 0 Å². The van der Waals surface area contributed by atoms with Gasteiger partial charge >= 0.3 is 11.9 Å². The third-order valence-corrected chi connectivity index (χ3v) is 7.83. The summed E-state index contributed by atoms with van der Waals surface area (Å²) < 4.78 is 18.1. The number of ether oxygens (including phenoxy) is 3. The van der Waals surface area contributed by atoms with E-state index in [0.29, 0.717) is 17.5 Å². The Kier molecular flexibility index (Phi) is 4.63. The molecule has 0 N–H and O–H groups in total. The van der Waals surface area contributed by atoms with E-state index in [-0.39, 0.29) is 35.8 Å². The molecule has 0 radical (unpaired) electrons. The fourth-order valence-corrected chi connectivity index (χ4v) is 6.50. The quantitative estimate of drug-likeness (QED) is 0.409. The van der Waals surface area contributed by atoms with E-state index >= 15 is 0 Å². The molecule has 0 aromatic heterocycles. The van der Waals surface area contributed by atoms with E-state index < -0.39 is 6.10 Å². The second kappa shape index (κ2) is 7.45. The summed E-state index contributed by atoms with van der Waals surface area (Å²) in [4.78, 5) is 27.0. The Morgan fingerprint density at radius 3 is 2.76 bits per heavy atom. The Hall–Kier alpha value is -3.12. The summed E-state index contributed by atoms with van der Waals surface area (Å²) in [6.07, 6.45) is 5.44. The zero-order chi connectivity index (χ0) is 22.7. The summed E-state index contributed by atoms with van der Waals surface area (Å²) in [5.41, 5.74) is 3.02. The van der Waals surface area contributed by atoms with Gasteiger partial charge in [0.15, 0.2) is 17.6 Å². The number of nitrogens with zero attached hydrogens (tertiary/aromatic N) is 1. The van der Waals surface area contributed by atoms with E-state index in [1.165, 1.54) is 12.5 Å². The number of piperidine rings is 1. The molecule has 2 aliphatic heterocycles. The lowest BCUT2D eigenvalue weighted by Gasteiger charge is -2.56. The van der Waals surface area contributed by atoms with Gasteiger partial charge in [-0.2, -0.15) is 0 Å². The minimum absolute atomic E-state index is 0.219. The van der Waals surface area contributed by atoms with Crippen molar-refractivity contribution in [2.45, 2.75) is 49.9 Å². The predicted molar refractivity (Wildman–Crippen MR) is 121 cm³/mol. The number of carbonyl (C=O) groups is 2. The number of likely N-dealkylation sites (N-methyl/N-ethyl adjacent to an activating group) is 1. The van der Waals surface area contributed by atoms with E-state index in [1.807, 2.05) is 42.5 Å². The van der Waals surface area contributed by atoms with Crippen molar-refractivity contribution in [2.75, 3.05) is 13.6 Å². The van der Waals surface area contributed by atoms with Gasteiger partial charge in [-0.25, -0.2) is 0 Å². The Morgan fingerprint density at radius 1 is 1.15 bits per heavy atom. The number of hydrogen-bond donors (Lipinski definition) is 0. The van der Waals surface area contributed by atoms with Gasteiger partial charge in [0.1, 0.15) is 6.10 Å². The van der Waals surface area contributed by atoms with Gasteiger partial charge in [0.2, 0.25) is 0 Å². The Bertz CT molecular complexity index is 1160. The van der Waals surface area contributed by atoms with Crippen LogP contribution in [-0.2, 0) is 32.6 Å². The summed E-state index contributed by atoms with van der Waals surface area (Å²) in [6, 6.07) is 13.9. The summed E-state index contributed by atoms with van der Waals surface area (Å²) in [7, 11) is 2.18. The normalized spacial score (nSPS) is 30.8. The first-order chi connectivity index (χ1) is 16.0. The van der Waals surface area contributed by atoms with Crippen molar-refractivity contribution in [1.29, 1.82) is 0 Å². The lowest BCUT2D eigenvalue weighted by Crippen LogP contribution is -2.65. The molecule has 6 rings (SSSR count). The predicted octanol–water partition coefficient (Wildman–Crippen LogP) is 3.21. The number of esters is 2. The highest BCUT2D eigenvalue weighted by molar-refractivity contribution is 5.74. The smallest absolute Gasteiger partial charge is 0.310 e. The monoisotopic (exact) mass is 445 g/mol. The molecule has 33 heavy (non-hydrogen) atoms. The second-order valence-corrected chi connectivity index (χ2v) is 9.63. The van der Waals surface area contributed by atoms with Gasteiger partial charge in [-0.1, -0.05) is 42.5 Å². The maximum atomic E-state index is 12.9. The summed E-state index contributed by atoms with van der Waals surface area (Å²) in [6.45, 7) is 2.34. The van der Waals surface area contributed by atoms with E-state index in [1.54, 1.807) is 0 Å². The molecule has 2 aromatic carbocycles.